The molecule has 0 fully saturated rings. The third-order valence-electron chi connectivity index (χ3n) is 2.39. The number of hydrogen-bond donors (Lipinski definition) is 1. The molecule has 2 N–H and O–H groups in total. The molecule has 1 heterocycles. The van der Waals surface area contributed by atoms with Crippen LogP contribution >= 0.6 is 35.0 Å². The Morgan fingerprint density at radius 2 is 1.89 bits per heavy atom. The van der Waals surface area contributed by atoms with E-state index in [1.165, 1.54) is 11.8 Å². The molecule has 18 heavy (non-hydrogen) atoms. The maximum Gasteiger partial charge on any atom is 0.119 e. The average molecular weight is 299 g/mol. The summed E-state index contributed by atoms with van der Waals surface area (Å²) in [5.41, 5.74) is 6.73. The molecule has 0 radical (unpaired) electrons. The summed E-state index contributed by atoms with van der Waals surface area (Å²) in [4.78, 5) is 5.23. The van der Waals surface area contributed by atoms with Crippen LogP contribution in [0.3, 0.4) is 0 Å². The van der Waals surface area contributed by atoms with Gasteiger partial charge in [0.1, 0.15) is 5.03 Å². The maximum atomic E-state index is 6.23. The minimum absolute atomic E-state index is 0.587. The highest BCUT2D eigenvalue weighted by Gasteiger charge is 2.11. The Bertz CT molecular complexity index is 546. The zero-order valence-corrected chi connectivity index (χ0v) is 11.9. The third-order valence-corrected chi connectivity index (χ3v) is 4.43. The number of nitrogens with zero attached hydrogens (tertiary/aromatic N) is 1. The van der Waals surface area contributed by atoms with Crippen molar-refractivity contribution in [2.45, 2.75) is 16.3 Å². The second kappa shape index (κ2) is 6.43. The Morgan fingerprint density at radius 1 is 1.11 bits per heavy atom. The molecule has 2 nitrogen and oxygen atoms in total. The van der Waals surface area contributed by atoms with Gasteiger partial charge in [-0.05, 0) is 36.7 Å². The van der Waals surface area contributed by atoms with E-state index in [0.717, 1.165) is 21.9 Å². The number of aromatic nitrogens is 1. The highest BCUT2D eigenvalue weighted by molar-refractivity contribution is 7.99. The van der Waals surface area contributed by atoms with Crippen molar-refractivity contribution in [2.24, 2.45) is 5.73 Å². The molecule has 0 aliphatic heterocycles. The van der Waals surface area contributed by atoms with E-state index >= 15 is 0 Å². The quantitative estimate of drug-likeness (QED) is 0.926. The van der Waals surface area contributed by atoms with Gasteiger partial charge in [-0.1, -0.05) is 47.1 Å². The van der Waals surface area contributed by atoms with Crippen LogP contribution in [0.15, 0.2) is 46.5 Å². The molecule has 0 aliphatic rings. The first-order valence-corrected chi connectivity index (χ1v) is 7.05. The number of hydrogen-bond acceptors (Lipinski definition) is 3. The van der Waals surface area contributed by atoms with Crippen LogP contribution in [0.4, 0.5) is 0 Å². The van der Waals surface area contributed by atoms with E-state index in [-0.39, 0.29) is 0 Å². The minimum Gasteiger partial charge on any atom is -0.330 e. The number of nitrogens with two attached hydrogens (primary N) is 1. The van der Waals surface area contributed by atoms with Crippen LogP contribution in [-0.4, -0.2) is 11.5 Å². The van der Waals surface area contributed by atoms with Gasteiger partial charge in [-0.3, -0.25) is 0 Å². The summed E-state index contributed by atoms with van der Waals surface area (Å²) in [6, 6.07) is 9.44. The summed E-state index contributed by atoms with van der Waals surface area (Å²) < 4.78 is 0. The molecule has 1 aromatic heterocycles. The lowest BCUT2D eigenvalue weighted by atomic mass is 10.1. The van der Waals surface area contributed by atoms with E-state index in [9.17, 15) is 0 Å². The van der Waals surface area contributed by atoms with Crippen LogP contribution in [0.5, 0.6) is 0 Å². The second-order valence-corrected chi connectivity index (χ2v) is 5.47. The van der Waals surface area contributed by atoms with Crippen molar-refractivity contribution in [1.29, 1.82) is 0 Å². The molecule has 0 bridgehead atoms. The van der Waals surface area contributed by atoms with Crippen LogP contribution in [-0.2, 0) is 6.42 Å². The van der Waals surface area contributed by atoms with Gasteiger partial charge in [-0.25, -0.2) is 4.98 Å². The Kier molecular flexibility index (Phi) is 4.89. The van der Waals surface area contributed by atoms with Crippen molar-refractivity contribution in [3.63, 3.8) is 0 Å². The Balaban J connectivity index is 2.36. The van der Waals surface area contributed by atoms with Gasteiger partial charge >= 0.3 is 0 Å². The van der Waals surface area contributed by atoms with Gasteiger partial charge in [0.2, 0.25) is 0 Å². The summed E-state index contributed by atoms with van der Waals surface area (Å²) >= 11 is 13.8. The van der Waals surface area contributed by atoms with E-state index in [0.29, 0.717) is 16.6 Å². The molecule has 94 valence electrons. The van der Waals surface area contributed by atoms with E-state index in [2.05, 4.69) is 4.98 Å². The predicted molar refractivity (Wildman–Crippen MR) is 77.6 cm³/mol. The summed E-state index contributed by atoms with van der Waals surface area (Å²) in [7, 11) is 0. The maximum absolute atomic E-state index is 6.23. The van der Waals surface area contributed by atoms with Crippen molar-refractivity contribution >= 4 is 35.0 Å². The van der Waals surface area contributed by atoms with E-state index in [1.807, 2.05) is 24.3 Å². The zero-order chi connectivity index (χ0) is 13.0. The van der Waals surface area contributed by atoms with Gasteiger partial charge in [0.15, 0.2) is 0 Å². The highest BCUT2D eigenvalue weighted by atomic mass is 35.5. The second-order valence-electron chi connectivity index (χ2n) is 3.66. The van der Waals surface area contributed by atoms with E-state index in [1.54, 1.807) is 12.3 Å². The van der Waals surface area contributed by atoms with Crippen molar-refractivity contribution in [2.75, 3.05) is 6.54 Å². The smallest absolute Gasteiger partial charge is 0.119 e. The molecule has 0 saturated heterocycles. The number of pyridine rings is 1. The molecule has 0 unspecified atom stereocenters. The summed E-state index contributed by atoms with van der Waals surface area (Å²) in [5.74, 6) is 0. The first-order chi connectivity index (χ1) is 8.72. The number of benzene rings is 1. The minimum atomic E-state index is 0.587. The first kappa shape index (κ1) is 13.7. The van der Waals surface area contributed by atoms with Crippen LogP contribution in [0, 0.1) is 0 Å². The SMILES string of the molecule is NCCc1cccc(Cl)c1Sc1ncccc1Cl. The summed E-state index contributed by atoms with van der Waals surface area (Å²) in [6.07, 6.45) is 2.50. The number of rotatable bonds is 4. The third kappa shape index (κ3) is 3.18. The molecule has 0 spiro atoms. The number of halogens is 2. The van der Waals surface area contributed by atoms with Crippen molar-refractivity contribution in [3.05, 3.63) is 52.1 Å². The molecule has 0 saturated carbocycles. The molecular formula is C13H12Cl2N2S. The topological polar surface area (TPSA) is 38.9 Å². The Hall–Kier alpha value is -0.740. The predicted octanol–water partition coefficient (Wildman–Crippen LogP) is 4.04. The van der Waals surface area contributed by atoms with Gasteiger partial charge in [-0.2, -0.15) is 0 Å². The lowest BCUT2D eigenvalue weighted by molar-refractivity contribution is 0.943. The van der Waals surface area contributed by atoms with Gasteiger partial charge in [0.25, 0.3) is 0 Å². The van der Waals surface area contributed by atoms with Crippen LogP contribution in [0.1, 0.15) is 5.56 Å². The van der Waals surface area contributed by atoms with E-state index < -0.39 is 0 Å². The zero-order valence-electron chi connectivity index (χ0n) is 9.57. The normalized spacial score (nSPS) is 10.6. The summed E-state index contributed by atoms with van der Waals surface area (Å²) in [6.45, 7) is 0.587. The highest BCUT2D eigenvalue weighted by Crippen LogP contribution is 2.37. The molecular weight excluding hydrogens is 287 g/mol. The molecule has 1 aromatic carbocycles. The molecule has 2 aromatic rings. The van der Waals surface area contributed by atoms with Crippen LogP contribution in [0.2, 0.25) is 10.0 Å². The van der Waals surface area contributed by atoms with Gasteiger partial charge < -0.3 is 5.73 Å². The van der Waals surface area contributed by atoms with Gasteiger partial charge in [0, 0.05) is 11.1 Å². The van der Waals surface area contributed by atoms with Crippen LogP contribution < -0.4 is 5.73 Å². The monoisotopic (exact) mass is 298 g/mol. The standard InChI is InChI=1S/C13H12Cl2N2S/c14-10-4-1-3-9(6-7-16)12(10)18-13-11(15)5-2-8-17-13/h1-5,8H,6-7,16H2. The Morgan fingerprint density at radius 3 is 2.61 bits per heavy atom. The molecule has 0 atom stereocenters. The summed E-state index contributed by atoms with van der Waals surface area (Å²) in [5, 5.41) is 2.08. The molecule has 2 rings (SSSR count). The van der Waals surface area contributed by atoms with Crippen LogP contribution in [0.25, 0.3) is 0 Å². The van der Waals surface area contributed by atoms with Gasteiger partial charge in [0.05, 0.1) is 10.0 Å². The molecule has 5 heteroatoms. The largest absolute Gasteiger partial charge is 0.330 e. The van der Waals surface area contributed by atoms with Gasteiger partial charge in [-0.15, -0.1) is 0 Å². The fourth-order valence-electron chi connectivity index (χ4n) is 1.56. The van der Waals surface area contributed by atoms with E-state index in [4.69, 9.17) is 28.9 Å². The first-order valence-electron chi connectivity index (χ1n) is 5.48. The molecule has 0 aliphatic carbocycles. The average Bonchev–Trinajstić information content (AvgIpc) is 2.36. The van der Waals surface area contributed by atoms with Crippen molar-refractivity contribution in [1.82, 2.24) is 4.98 Å². The fraction of sp³-hybridized carbons (Fsp3) is 0.154. The molecule has 0 amide bonds. The lowest BCUT2D eigenvalue weighted by Crippen LogP contribution is -2.03. The fourth-order valence-corrected chi connectivity index (χ4v) is 3.05. The Labute approximate surface area is 121 Å². The van der Waals surface area contributed by atoms with Crippen molar-refractivity contribution < 1.29 is 0 Å². The van der Waals surface area contributed by atoms with Crippen molar-refractivity contribution in [3.8, 4) is 0 Å². The lowest BCUT2D eigenvalue weighted by Gasteiger charge is -2.10.